The number of carbonyl (C=O) groups is 3. The Hall–Kier alpha value is -2.29. The lowest BCUT2D eigenvalue weighted by Gasteiger charge is -2.49. The molecule has 1 aromatic carbocycles. The Balaban J connectivity index is 1.33. The molecule has 1 atom stereocenters. The molecule has 2 N–H and O–H groups in total. The molecular formula is C22H28N4O4. The highest BCUT2D eigenvalue weighted by atomic mass is 16.5. The van der Waals surface area contributed by atoms with Crippen LogP contribution in [0.4, 0.5) is 0 Å². The van der Waals surface area contributed by atoms with Crippen molar-refractivity contribution in [2.75, 3.05) is 32.8 Å². The van der Waals surface area contributed by atoms with Crippen LogP contribution in [0.5, 0.6) is 0 Å². The van der Waals surface area contributed by atoms with E-state index in [1.54, 1.807) is 4.90 Å². The van der Waals surface area contributed by atoms with Crippen LogP contribution in [0.25, 0.3) is 0 Å². The molecule has 3 fully saturated rings. The van der Waals surface area contributed by atoms with E-state index in [0.29, 0.717) is 18.5 Å². The number of hydrogen-bond donors (Lipinski definition) is 2. The van der Waals surface area contributed by atoms with Crippen molar-refractivity contribution in [3.63, 3.8) is 0 Å². The summed E-state index contributed by atoms with van der Waals surface area (Å²) in [5.74, 6) is -0.746. The van der Waals surface area contributed by atoms with Crippen LogP contribution in [-0.2, 0) is 27.4 Å². The maximum Gasteiger partial charge on any atom is 0.255 e. The van der Waals surface area contributed by atoms with Crippen LogP contribution in [0, 0.1) is 0 Å². The second-order valence-electron chi connectivity index (χ2n) is 8.83. The first kappa shape index (κ1) is 19.7. The zero-order valence-corrected chi connectivity index (χ0v) is 17.1. The lowest BCUT2D eigenvalue weighted by atomic mass is 9.85. The molecule has 0 aromatic heterocycles. The zero-order valence-electron chi connectivity index (χ0n) is 17.1. The maximum absolute atomic E-state index is 12.9. The molecular weight excluding hydrogens is 384 g/mol. The summed E-state index contributed by atoms with van der Waals surface area (Å²) in [6.07, 6.45) is 2.73. The Morgan fingerprint density at radius 3 is 2.80 bits per heavy atom. The molecule has 4 aliphatic heterocycles. The molecule has 0 aliphatic carbocycles. The number of hydrogen-bond acceptors (Lipinski definition) is 6. The van der Waals surface area contributed by atoms with Crippen molar-refractivity contribution >= 4 is 17.7 Å². The second-order valence-corrected chi connectivity index (χ2v) is 8.83. The van der Waals surface area contributed by atoms with Crippen LogP contribution in [0.15, 0.2) is 18.2 Å². The molecule has 5 rings (SSSR count). The minimum Gasteiger partial charge on any atom is -0.381 e. The van der Waals surface area contributed by atoms with E-state index in [4.69, 9.17) is 4.74 Å². The van der Waals surface area contributed by atoms with E-state index in [2.05, 4.69) is 21.6 Å². The lowest BCUT2D eigenvalue weighted by Crippen LogP contribution is -2.62. The largest absolute Gasteiger partial charge is 0.381 e. The molecule has 8 nitrogen and oxygen atoms in total. The van der Waals surface area contributed by atoms with Gasteiger partial charge in [0.05, 0.1) is 0 Å². The zero-order chi connectivity index (χ0) is 20.7. The third-order valence-corrected chi connectivity index (χ3v) is 7.07. The smallest absolute Gasteiger partial charge is 0.255 e. The van der Waals surface area contributed by atoms with Crippen molar-refractivity contribution in [2.24, 2.45) is 0 Å². The Kier molecular flexibility index (Phi) is 5.08. The Morgan fingerprint density at radius 2 is 2.00 bits per heavy atom. The van der Waals surface area contributed by atoms with Crippen LogP contribution in [0.3, 0.4) is 0 Å². The monoisotopic (exact) mass is 412 g/mol. The van der Waals surface area contributed by atoms with Crippen LogP contribution in [0.2, 0.25) is 0 Å². The van der Waals surface area contributed by atoms with Gasteiger partial charge in [0, 0.05) is 63.5 Å². The van der Waals surface area contributed by atoms with E-state index in [1.807, 2.05) is 12.1 Å². The highest BCUT2D eigenvalue weighted by Gasteiger charge is 2.41. The van der Waals surface area contributed by atoms with Gasteiger partial charge in [-0.1, -0.05) is 12.1 Å². The molecule has 0 radical (unpaired) electrons. The van der Waals surface area contributed by atoms with E-state index in [-0.39, 0.29) is 29.7 Å². The summed E-state index contributed by atoms with van der Waals surface area (Å²) >= 11 is 0. The van der Waals surface area contributed by atoms with Gasteiger partial charge in [0.15, 0.2) is 0 Å². The van der Waals surface area contributed by atoms with Crippen molar-refractivity contribution in [1.29, 1.82) is 0 Å². The minimum atomic E-state index is -0.565. The number of carbonyl (C=O) groups excluding carboxylic acids is 3. The van der Waals surface area contributed by atoms with E-state index in [0.717, 1.165) is 57.8 Å². The average Bonchev–Trinajstić information content (AvgIpc) is 3.06. The number of nitrogens with zero attached hydrogens (tertiary/aromatic N) is 2. The van der Waals surface area contributed by atoms with Gasteiger partial charge in [0.1, 0.15) is 6.04 Å². The SMILES string of the molecule is O=C1CCC(N2Cc3cc(CN4CCNCC45CCOCC5)ccc3C2=O)C(=O)N1. The number of piperazine rings is 1. The van der Waals surface area contributed by atoms with Gasteiger partial charge < -0.3 is 15.0 Å². The number of piperidine rings is 1. The van der Waals surface area contributed by atoms with Crippen LogP contribution in [0.1, 0.15) is 47.2 Å². The fraction of sp³-hybridized carbons (Fsp3) is 0.591. The predicted molar refractivity (Wildman–Crippen MR) is 109 cm³/mol. The summed E-state index contributed by atoms with van der Waals surface area (Å²) in [6, 6.07) is 5.50. The minimum absolute atomic E-state index is 0.117. The number of imide groups is 1. The molecule has 30 heavy (non-hydrogen) atoms. The fourth-order valence-corrected chi connectivity index (χ4v) is 5.32. The normalized spacial score (nSPS) is 26.7. The van der Waals surface area contributed by atoms with Gasteiger partial charge in [0.2, 0.25) is 11.8 Å². The van der Waals surface area contributed by atoms with E-state index < -0.39 is 6.04 Å². The van der Waals surface area contributed by atoms with Gasteiger partial charge in [0.25, 0.3) is 5.91 Å². The summed E-state index contributed by atoms with van der Waals surface area (Å²) in [5.41, 5.74) is 2.98. The van der Waals surface area contributed by atoms with E-state index in [9.17, 15) is 14.4 Å². The van der Waals surface area contributed by atoms with Gasteiger partial charge in [-0.05, 0) is 36.5 Å². The van der Waals surface area contributed by atoms with Crippen molar-refractivity contribution in [3.8, 4) is 0 Å². The predicted octanol–water partition coefficient (Wildman–Crippen LogP) is 0.402. The molecule has 3 amide bonds. The van der Waals surface area contributed by atoms with Crippen LogP contribution in [-0.4, -0.2) is 72.0 Å². The number of benzene rings is 1. The van der Waals surface area contributed by atoms with Crippen molar-refractivity contribution in [3.05, 3.63) is 34.9 Å². The van der Waals surface area contributed by atoms with Crippen LogP contribution >= 0.6 is 0 Å². The Morgan fingerprint density at radius 1 is 1.17 bits per heavy atom. The molecule has 0 saturated carbocycles. The first-order valence-electron chi connectivity index (χ1n) is 10.9. The highest BCUT2D eigenvalue weighted by molar-refractivity contribution is 6.05. The Bertz CT molecular complexity index is 872. The molecule has 1 unspecified atom stereocenters. The molecule has 4 heterocycles. The first-order valence-corrected chi connectivity index (χ1v) is 10.9. The molecule has 4 aliphatic rings. The number of ether oxygens (including phenoxy) is 1. The Labute approximate surface area is 175 Å². The molecule has 8 heteroatoms. The molecule has 1 aromatic rings. The number of rotatable bonds is 3. The molecule has 160 valence electrons. The number of fused-ring (bicyclic) bond motifs is 1. The van der Waals surface area contributed by atoms with Gasteiger partial charge in [-0.2, -0.15) is 0 Å². The summed E-state index contributed by atoms with van der Waals surface area (Å²) in [6.45, 7) is 5.85. The van der Waals surface area contributed by atoms with Gasteiger partial charge in [-0.25, -0.2) is 0 Å². The molecule has 1 spiro atoms. The topological polar surface area (TPSA) is 91.0 Å². The van der Waals surface area contributed by atoms with Gasteiger partial charge >= 0.3 is 0 Å². The standard InChI is InChI=1S/C22H28N4O4/c27-19-4-3-18(20(28)24-19)26-13-16-11-15(1-2-17(16)21(26)29)12-25-8-7-23-14-22(25)5-9-30-10-6-22/h1-2,11,18,23H,3-10,12-14H2,(H,24,27,28). The summed E-state index contributed by atoms with van der Waals surface area (Å²) in [5, 5.41) is 5.91. The van der Waals surface area contributed by atoms with Crippen molar-refractivity contribution < 1.29 is 19.1 Å². The maximum atomic E-state index is 12.9. The number of nitrogens with one attached hydrogen (secondary N) is 2. The summed E-state index contributed by atoms with van der Waals surface area (Å²) < 4.78 is 5.60. The van der Waals surface area contributed by atoms with Crippen molar-refractivity contribution in [2.45, 2.75) is 50.4 Å². The van der Waals surface area contributed by atoms with Gasteiger partial charge in [-0.3, -0.25) is 24.6 Å². The third kappa shape index (κ3) is 3.42. The molecule has 3 saturated heterocycles. The average molecular weight is 412 g/mol. The highest BCUT2D eigenvalue weighted by Crippen LogP contribution is 2.32. The number of amides is 3. The quantitative estimate of drug-likeness (QED) is 0.699. The second kappa shape index (κ2) is 7.76. The molecule has 0 bridgehead atoms. The van der Waals surface area contributed by atoms with Crippen molar-refractivity contribution in [1.82, 2.24) is 20.4 Å². The lowest BCUT2D eigenvalue weighted by molar-refractivity contribution is -0.136. The van der Waals surface area contributed by atoms with Crippen LogP contribution < -0.4 is 10.6 Å². The van der Waals surface area contributed by atoms with E-state index in [1.165, 1.54) is 5.56 Å². The van der Waals surface area contributed by atoms with E-state index >= 15 is 0 Å². The summed E-state index contributed by atoms with van der Waals surface area (Å²) in [7, 11) is 0. The third-order valence-electron chi connectivity index (χ3n) is 7.07. The fourth-order valence-electron chi connectivity index (χ4n) is 5.32. The van der Waals surface area contributed by atoms with Gasteiger partial charge in [-0.15, -0.1) is 0 Å². The summed E-state index contributed by atoms with van der Waals surface area (Å²) in [4.78, 5) is 40.8. The first-order chi connectivity index (χ1) is 14.6.